The number of rotatable bonds is 3. The van der Waals surface area contributed by atoms with Gasteiger partial charge in [-0.1, -0.05) is 12.1 Å². The summed E-state index contributed by atoms with van der Waals surface area (Å²) in [6, 6.07) is 9.03. The van der Waals surface area contributed by atoms with Crippen LogP contribution in [0, 0.1) is 0 Å². The van der Waals surface area contributed by atoms with Gasteiger partial charge in [-0.15, -0.1) is 0 Å². The van der Waals surface area contributed by atoms with E-state index in [1.54, 1.807) is 0 Å². The third-order valence-corrected chi connectivity index (χ3v) is 2.62. The Kier molecular flexibility index (Phi) is 3.20. The van der Waals surface area contributed by atoms with Gasteiger partial charge in [0.05, 0.1) is 11.1 Å². The number of carbonyl (C=O) groups excluding carboxylic acids is 1. The molecule has 0 atom stereocenters. The van der Waals surface area contributed by atoms with Gasteiger partial charge >= 0.3 is 5.97 Å². The number of phenols is 2. The highest BCUT2D eigenvalue weighted by molar-refractivity contribution is 6.11. The van der Waals surface area contributed by atoms with Crippen molar-refractivity contribution in [2.75, 3.05) is 0 Å². The fourth-order valence-corrected chi connectivity index (χ4v) is 1.63. The molecule has 0 aliphatic heterocycles. The van der Waals surface area contributed by atoms with Gasteiger partial charge in [0.1, 0.15) is 11.5 Å². The molecule has 0 fully saturated rings. The molecule has 2 aromatic rings. The van der Waals surface area contributed by atoms with Crippen molar-refractivity contribution in [3.05, 3.63) is 59.2 Å². The molecule has 0 saturated heterocycles. The number of phenolic OH excluding ortho intramolecular Hbond substituents is 2. The normalized spacial score (nSPS) is 10.1. The van der Waals surface area contributed by atoms with Crippen LogP contribution in [0.3, 0.4) is 0 Å². The number of carboxylic acids is 1. The van der Waals surface area contributed by atoms with Crippen molar-refractivity contribution in [2.24, 2.45) is 0 Å². The molecule has 96 valence electrons. The smallest absolute Gasteiger partial charge is 0.335 e. The second-order valence-corrected chi connectivity index (χ2v) is 3.91. The summed E-state index contributed by atoms with van der Waals surface area (Å²) in [4.78, 5) is 22.8. The fourth-order valence-electron chi connectivity index (χ4n) is 1.63. The van der Waals surface area contributed by atoms with E-state index in [4.69, 9.17) is 10.2 Å². The Bertz CT molecular complexity index is 643. The minimum atomic E-state index is -1.08. The zero-order valence-electron chi connectivity index (χ0n) is 9.70. The van der Waals surface area contributed by atoms with E-state index in [2.05, 4.69) is 0 Å². The zero-order valence-corrected chi connectivity index (χ0v) is 9.70. The van der Waals surface area contributed by atoms with Crippen molar-refractivity contribution >= 4 is 11.8 Å². The molecule has 0 heterocycles. The van der Waals surface area contributed by atoms with Crippen molar-refractivity contribution in [1.82, 2.24) is 0 Å². The fraction of sp³-hybridized carbons (Fsp3) is 0. The third kappa shape index (κ3) is 2.55. The molecule has 19 heavy (non-hydrogen) atoms. The minimum absolute atomic E-state index is 0.0425. The number of hydrogen-bond acceptors (Lipinski definition) is 4. The number of aromatic carboxylic acids is 1. The highest BCUT2D eigenvalue weighted by Gasteiger charge is 2.14. The number of ketones is 1. The number of benzene rings is 2. The first-order chi connectivity index (χ1) is 8.99. The molecule has 0 amide bonds. The van der Waals surface area contributed by atoms with Crippen LogP contribution in [0.5, 0.6) is 11.5 Å². The quantitative estimate of drug-likeness (QED) is 0.732. The highest BCUT2D eigenvalue weighted by atomic mass is 16.4. The van der Waals surface area contributed by atoms with Gasteiger partial charge in [-0.2, -0.15) is 0 Å². The van der Waals surface area contributed by atoms with Crippen molar-refractivity contribution in [3.63, 3.8) is 0 Å². The largest absolute Gasteiger partial charge is 0.508 e. The van der Waals surface area contributed by atoms with Gasteiger partial charge in [-0.25, -0.2) is 4.79 Å². The predicted octanol–water partition coefficient (Wildman–Crippen LogP) is 2.03. The average molecular weight is 258 g/mol. The molecule has 3 N–H and O–H groups in total. The van der Waals surface area contributed by atoms with Crippen LogP contribution in [0.25, 0.3) is 0 Å². The van der Waals surface area contributed by atoms with E-state index in [-0.39, 0.29) is 28.2 Å². The summed E-state index contributed by atoms with van der Waals surface area (Å²) in [6.45, 7) is 0. The van der Waals surface area contributed by atoms with Crippen LogP contribution in [0.1, 0.15) is 26.3 Å². The van der Waals surface area contributed by atoms with E-state index in [0.717, 1.165) is 6.07 Å². The predicted molar refractivity (Wildman–Crippen MR) is 66.6 cm³/mol. The second-order valence-electron chi connectivity index (χ2n) is 3.91. The van der Waals surface area contributed by atoms with Crippen molar-refractivity contribution < 1.29 is 24.9 Å². The van der Waals surface area contributed by atoms with Crippen LogP contribution in [0.2, 0.25) is 0 Å². The first-order valence-corrected chi connectivity index (χ1v) is 5.39. The summed E-state index contributed by atoms with van der Waals surface area (Å²) < 4.78 is 0. The molecule has 0 radical (unpaired) electrons. The van der Waals surface area contributed by atoms with Crippen LogP contribution < -0.4 is 0 Å². The summed E-state index contributed by atoms with van der Waals surface area (Å²) >= 11 is 0. The Morgan fingerprint density at radius 1 is 0.842 bits per heavy atom. The van der Waals surface area contributed by atoms with Gasteiger partial charge in [-0.3, -0.25) is 4.79 Å². The molecular formula is C14H10O5. The number of aromatic hydroxyl groups is 2. The molecule has 5 nitrogen and oxygen atoms in total. The maximum Gasteiger partial charge on any atom is 0.335 e. The topological polar surface area (TPSA) is 94.8 Å². The number of carbonyl (C=O) groups is 2. The summed E-state index contributed by atoms with van der Waals surface area (Å²) in [5.74, 6) is -2.00. The van der Waals surface area contributed by atoms with E-state index in [1.807, 2.05) is 0 Å². The molecular weight excluding hydrogens is 248 g/mol. The van der Waals surface area contributed by atoms with Gasteiger partial charge in [0.15, 0.2) is 5.78 Å². The van der Waals surface area contributed by atoms with Crippen LogP contribution in [-0.4, -0.2) is 27.1 Å². The lowest BCUT2D eigenvalue weighted by Gasteiger charge is -2.04. The maximum absolute atomic E-state index is 12.1. The molecule has 5 heteroatoms. The first-order valence-electron chi connectivity index (χ1n) is 5.39. The number of hydrogen-bond donors (Lipinski definition) is 3. The molecule has 0 unspecified atom stereocenters. The van der Waals surface area contributed by atoms with Gasteiger partial charge in [0, 0.05) is 11.6 Å². The summed E-state index contributed by atoms with van der Waals surface area (Å²) in [7, 11) is 0. The lowest BCUT2D eigenvalue weighted by molar-refractivity contribution is 0.0696. The molecule has 0 aliphatic rings. The Morgan fingerprint density at radius 3 is 1.95 bits per heavy atom. The maximum atomic E-state index is 12.1. The highest BCUT2D eigenvalue weighted by Crippen LogP contribution is 2.25. The van der Waals surface area contributed by atoms with Crippen molar-refractivity contribution in [2.45, 2.75) is 0 Å². The van der Waals surface area contributed by atoms with E-state index < -0.39 is 11.8 Å². The van der Waals surface area contributed by atoms with E-state index in [0.29, 0.717) is 0 Å². The Labute approximate surface area is 108 Å². The van der Waals surface area contributed by atoms with Gasteiger partial charge in [0.2, 0.25) is 0 Å². The molecule has 2 aromatic carbocycles. The standard InChI is InChI=1S/C14H10O5/c15-10-5-6-11(12(16)7-10)13(17)8-1-3-9(4-2-8)14(18)19/h1-7,15-16H,(H,18,19). The SMILES string of the molecule is O=C(O)c1ccc(C(=O)c2ccc(O)cc2O)cc1. The Morgan fingerprint density at radius 2 is 1.42 bits per heavy atom. The van der Waals surface area contributed by atoms with E-state index >= 15 is 0 Å². The van der Waals surface area contributed by atoms with Crippen LogP contribution in [-0.2, 0) is 0 Å². The summed E-state index contributed by atoms with van der Waals surface area (Å²) in [6.07, 6.45) is 0. The lowest BCUT2D eigenvalue weighted by Crippen LogP contribution is -2.03. The third-order valence-electron chi connectivity index (χ3n) is 2.62. The molecule has 0 aliphatic carbocycles. The van der Waals surface area contributed by atoms with Gasteiger partial charge in [0.25, 0.3) is 0 Å². The molecule has 0 bridgehead atoms. The van der Waals surface area contributed by atoms with Gasteiger partial charge < -0.3 is 15.3 Å². The number of carboxylic acid groups (broad SMARTS) is 1. The summed E-state index contributed by atoms with van der Waals surface area (Å²) in [5.41, 5.74) is 0.373. The van der Waals surface area contributed by atoms with Gasteiger partial charge in [-0.05, 0) is 24.3 Å². The zero-order chi connectivity index (χ0) is 14.0. The van der Waals surface area contributed by atoms with Crippen molar-refractivity contribution in [1.29, 1.82) is 0 Å². The molecule has 0 saturated carbocycles. The molecule has 0 aromatic heterocycles. The monoisotopic (exact) mass is 258 g/mol. The second kappa shape index (κ2) is 4.81. The van der Waals surface area contributed by atoms with Crippen LogP contribution in [0.4, 0.5) is 0 Å². The summed E-state index contributed by atoms with van der Waals surface area (Å²) in [5, 5.41) is 27.5. The Balaban J connectivity index is 2.36. The Hall–Kier alpha value is -2.82. The molecule has 2 rings (SSSR count). The van der Waals surface area contributed by atoms with E-state index in [9.17, 15) is 14.7 Å². The van der Waals surface area contributed by atoms with Crippen molar-refractivity contribution in [3.8, 4) is 11.5 Å². The first kappa shape index (κ1) is 12.6. The average Bonchev–Trinajstić information content (AvgIpc) is 2.38. The van der Waals surface area contributed by atoms with E-state index in [1.165, 1.54) is 36.4 Å². The molecule has 0 spiro atoms. The minimum Gasteiger partial charge on any atom is -0.508 e. The lowest BCUT2D eigenvalue weighted by atomic mass is 10.0. The van der Waals surface area contributed by atoms with Crippen LogP contribution in [0.15, 0.2) is 42.5 Å². The van der Waals surface area contributed by atoms with Crippen LogP contribution >= 0.6 is 0 Å².